The standard InChI is InChI=1S/C11H18Br2N2S/c1-8(2)6-14-3-4-15-7-9-5-10(12)11(13)16-9/h5,8,14-15H,3-4,6-7H2,1-2H3. The second-order valence-electron chi connectivity index (χ2n) is 4.11. The van der Waals surface area contributed by atoms with Crippen molar-refractivity contribution in [3.05, 3.63) is 19.2 Å². The molecule has 5 heteroatoms. The maximum absolute atomic E-state index is 3.50. The van der Waals surface area contributed by atoms with Gasteiger partial charge < -0.3 is 10.6 Å². The molecule has 92 valence electrons. The molecule has 0 fully saturated rings. The zero-order valence-electron chi connectivity index (χ0n) is 9.65. The van der Waals surface area contributed by atoms with Crippen LogP contribution in [0.15, 0.2) is 14.3 Å². The van der Waals surface area contributed by atoms with Crippen molar-refractivity contribution in [3.63, 3.8) is 0 Å². The summed E-state index contributed by atoms with van der Waals surface area (Å²) in [5.41, 5.74) is 0. The first kappa shape index (κ1) is 14.6. The van der Waals surface area contributed by atoms with E-state index in [-0.39, 0.29) is 0 Å². The van der Waals surface area contributed by atoms with E-state index in [2.05, 4.69) is 62.4 Å². The molecule has 2 nitrogen and oxygen atoms in total. The first-order valence-corrected chi connectivity index (χ1v) is 7.85. The van der Waals surface area contributed by atoms with Crippen LogP contribution in [-0.2, 0) is 6.54 Å². The van der Waals surface area contributed by atoms with Crippen LogP contribution in [0, 0.1) is 5.92 Å². The number of halogens is 2. The van der Waals surface area contributed by atoms with Crippen LogP contribution in [0.4, 0.5) is 0 Å². The molecule has 1 heterocycles. The largest absolute Gasteiger partial charge is 0.315 e. The van der Waals surface area contributed by atoms with E-state index in [1.807, 2.05) is 0 Å². The van der Waals surface area contributed by atoms with Crippen LogP contribution in [0.3, 0.4) is 0 Å². The third-order valence-corrected chi connectivity index (χ3v) is 5.28. The van der Waals surface area contributed by atoms with Gasteiger partial charge in [-0.15, -0.1) is 11.3 Å². The van der Waals surface area contributed by atoms with E-state index in [9.17, 15) is 0 Å². The minimum absolute atomic E-state index is 0.726. The molecule has 0 saturated heterocycles. The molecular weight excluding hydrogens is 352 g/mol. The molecule has 0 saturated carbocycles. The zero-order valence-corrected chi connectivity index (χ0v) is 13.6. The van der Waals surface area contributed by atoms with Gasteiger partial charge in [-0.3, -0.25) is 0 Å². The average molecular weight is 370 g/mol. The van der Waals surface area contributed by atoms with Gasteiger partial charge in [-0.25, -0.2) is 0 Å². The Morgan fingerprint density at radius 3 is 2.50 bits per heavy atom. The highest BCUT2D eigenvalue weighted by Crippen LogP contribution is 2.32. The maximum atomic E-state index is 3.50. The molecule has 0 atom stereocenters. The van der Waals surface area contributed by atoms with Crippen LogP contribution in [0.1, 0.15) is 18.7 Å². The van der Waals surface area contributed by atoms with Gasteiger partial charge in [0.25, 0.3) is 0 Å². The summed E-state index contributed by atoms with van der Waals surface area (Å²) >= 11 is 8.76. The van der Waals surface area contributed by atoms with Crippen LogP contribution in [0.25, 0.3) is 0 Å². The zero-order chi connectivity index (χ0) is 12.0. The van der Waals surface area contributed by atoms with Gasteiger partial charge in [0, 0.05) is 29.0 Å². The molecule has 0 aliphatic carbocycles. The number of thiophene rings is 1. The number of hydrogen-bond donors (Lipinski definition) is 2. The second kappa shape index (κ2) is 7.82. The minimum atomic E-state index is 0.726. The first-order valence-electron chi connectivity index (χ1n) is 5.44. The number of nitrogens with one attached hydrogen (secondary N) is 2. The molecule has 1 aromatic rings. The minimum Gasteiger partial charge on any atom is -0.315 e. The van der Waals surface area contributed by atoms with Crippen molar-refractivity contribution < 1.29 is 0 Å². The van der Waals surface area contributed by atoms with Gasteiger partial charge in [0.15, 0.2) is 0 Å². The van der Waals surface area contributed by atoms with E-state index in [0.717, 1.165) is 36.6 Å². The quantitative estimate of drug-likeness (QED) is 0.717. The third-order valence-electron chi connectivity index (χ3n) is 2.03. The lowest BCUT2D eigenvalue weighted by atomic mass is 10.2. The maximum Gasteiger partial charge on any atom is 0.0843 e. The topological polar surface area (TPSA) is 24.1 Å². The molecule has 0 radical (unpaired) electrons. The van der Waals surface area contributed by atoms with Crippen molar-refractivity contribution in [2.24, 2.45) is 5.92 Å². The summed E-state index contributed by atoms with van der Waals surface area (Å²) in [6.45, 7) is 8.53. The van der Waals surface area contributed by atoms with E-state index in [0.29, 0.717) is 0 Å². The summed E-state index contributed by atoms with van der Waals surface area (Å²) in [5.74, 6) is 0.726. The Labute approximate surface area is 118 Å². The van der Waals surface area contributed by atoms with Crippen molar-refractivity contribution in [1.82, 2.24) is 10.6 Å². The van der Waals surface area contributed by atoms with Crippen molar-refractivity contribution in [2.45, 2.75) is 20.4 Å². The van der Waals surface area contributed by atoms with E-state index < -0.39 is 0 Å². The molecule has 0 aliphatic rings. The summed E-state index contributed by atoms with van der Waals surface area (Å²) < 4.78 is 2.31. The monoisotopic (exact) mass is 368 g/mol. The van der Waals surface area contributed by atoms with Crippen molar-refractivity contribution in [3.8, 4) is 0 Å². The van der Waals surface area contributed by atoms with Gasteiger partial charge in [-0.1, -0.05) is 13.8 Å². The van der Waals surface area contributed by atoms with Crippen molar-refractivity contribution in [2.75, 3.05) is 19.6 Å². The Hall–Kier alpha value is 0.580. The lowest BCUT2D eigenvalue weighted by molar-refractivity contribution is 0.536. The molecular formula is C11H18Br2N2S. The fourth-order valence-electron chi connectivity index (χ4n) is 1.26. The van der Waals surface area contributed by atoms with Gasteiger partial charge in [-0.05, 0) is 50.4 Å². The highest BCUT2D eigenvalue weighted by molar-refractivity contribution is 9.13. The lowest BCUT2D eigenvalue weighted by Gasteiger charge is -2.07. The van der Waals surface area contributed by atoms with Crippen LogP contribution in [-0.4, -0.2) is 19.6 Å². The summed E-state index contributed by atoms with van der Waals surface area (Å²) in [6, 6.07) is 2.16. The normalized spacial score (nSPS) is 11.3. The van der Waals surface area contributed by atoms with Gasteiger partial charge in [0.2, 0.25) is 0 Å². The predicted octanol–water partition coefficient (Wildman–Crippen LogP) is 3.61. The Morgan fingerprint density at radius 2 is 1.94 bits per heavy atom. The van der Waals surface area contributed by atoms with Crippen LogP contribution >= 0.6 is 43.2 Å². The fraction of sp³-hybridized carbons (Fsp3) is 0.636. The predicted molar refractivity (Wildman–Crippen MR) is 79.1 cm³/mol. The summed E-state index contributed by atoms with van der Waals surface area (Å²) in [6.07, 6.45) is 0. The van der Waals surface area contributed by atoms with E-state index in [1.54, 1.807) is 11.3 Å². The fourth-order valence-corrected chi connectivity index (χ4v) is 3.40. The van der Waals surface area contributed by atoms with Crippen molar-refractivity contribution in [1.29, 1.82) is 0 Å². The highest BCUT2D eigenvalue weighted by atomic mass is 79.9. The lowest BCUT2D eigenvalue weighted by Crippen LogP contribution is -2.29. The van der Waals surface area contributed by atoms with Crippen LogP contribution in [0.2, 0.25) is 0 Å². The number of hydrogen-bond acceptors (Lipinski definition) is 3. The Bertz CT molecular complexity index is 293. The molecule has 0 aliphatic heterocycles. The second-order valence-corrected chi connectivity index (χ2v) is 7.42. The average Bonchev–Trinajstić information content (AvgIpc) is 2.52. The Kier molecular flexibility index (Phi) is 7.16. The highest BCUT2D eigenvalue weighted by Gasteiger charge is 2.03. The summed E-state index contributed by atoms with van der Waals surface area (Å²) in [5, 5.41) is 6.83. The molecule has 0 unspecified atom stereocenters. The summed E-state index contributed by atoms with van der Waals surface area (Å²) in [4.78, 5) is 1.35. The number of rotatable bonds is 7. The molecule has 1 aromatic heterocycles. The SMILES string of the molecule is CC(C)CNCCNCc1cc(Br)c(Br)s1. The third kappa shape index (κ3) is 5.77. The summed E-state index contributed by atoms with van der Waals surface area (Å²) in [7, 11) is 0. The molecule has 0 spiro atoms. The molecule has 2 N–H and O–H groups in total. The Morgan fingerprint density at radius 1 is 1.25 bits per heavy atom. The molecule has 16 heavy (non-hydrogen) atoms. The molecule has 0 bridgehead atoms. The first-order chi connectivity index (χ1) is 7.59. The smallest absolute Gasteiger partial charge is 0.0843 e. The van der Waals surface area contributed by atoms with Crippen LogP contribution in [0.5, 0.6) is 0 Å². The van der Waals surface area contributed by atoms with Crippen LogP contribution < -0.4 is 10.6 Å². The Balaban J connectivity index is 2.07. The van der Waals surface area contributed by atoms with Gasteiger partial charge in [-0.2, -0.15) is 0 Å². The van der Waals surface area contributed by atoms with E-state index in [4.69, 9.17) is 0 Å². The van der Waals surface area contributed by atoms with E-state index >= 15 is 0 Å². The van der Waals surface area contributed by atoms with Gasteiger partial charge in [0.05, 0.1) is 3.79 Å². The van der Waals surface area contributed by atoms with Crippen molar-refractivity contribution >= 4 is 43.2 Å². The van der Waals surface area contributed by atoms with E-state index in [1.165, 1.54) is 8.66 Å². The molecule has 0 amide bonds. The molecule has 0 aromatic carbocycles. The van der Waals surface area contributed by atoms with Gasteiger partial charge >= 0.3 is 0 Å². The molecule has 1 rings (SSSR count). The van der Waals surface area contributed by atoms with Gasteiger partial charge in [0.1, 0.15) is 0 Å².